The Bertz CT molecular complexity index is 631. The van der Waals surface area contributed by atoms with Gasteiger partial charge in [0, 0.05) is 9.92 Å². The third-order valence-electron chi connectivity index (χ3n) is 2.94. The van der Waals surface area contributed by atoms with Gasteiger partial charge in [0.15, 0.2) is 6.10 Å². The minimum absolute atomic E-state index is 0.181. The Balaban J connectivity index is 2.01. The standard InChI is InChI=1S/C17H18ClNO2S/c1-3-22-16-7-5-4-6-15(16)19-17(20)12(2)21-14-10-8-13(18)9-11-14/h4-12H,3H2,1-2H3,(H,19,20)/t12-/m1/s1. The molecule has 1 amide bonds. The highest BCUT2D eigenvalue weighted by atomic mass is 35.5. The summed E-state index contributed by atoms with van der Waals surface area (Å²) < 4.78 is 5.63. The average molecular weight is 336 g/mol. The zero-order valence-corrected chi connectivity index (χ0v) is 14.1. The first-order chi connectivity index (χ1) is 10.6. The molecule has 0 spiro atoms. The molecule has 2 aromatic carbocycles. The van der Waals surface area contributed by atoms with E-state index in [1.54, 1.807) is 43.0 Å². The summed E-state index contributed by atoms with van der Waals surface area (Å²) in [5, 5.41) is 3.55. The molecule has 0 saturated heterocycles. The number of ether oxygens (including phenoxy) is 1. The minimum atomic E-state index is -0.596. The number of hydrogen-bond donors (Lipinski definition) is 1. The molecule has 2 rings (SSSR count). The second kappa shape index (κ2) is 8.11. The summed E-state index contributed by atoms with van der Waals surface area (Å²) in [6.45, 7) is 3.80. The maximum Gasteiger partial charge on any atom is 0.265 e. The number of carbonyl (C=O) groups excluding carboxylic acids is 1. The number of thioether (sulfide) groups is 1. The molecular formula is C17H18ClNO2S. The molecule has 3 nitrogen and oxygen atoms in total. The number of nitrogens with one attached hydrogen (secondary N) is 1. The maximum atomic E-state index is 12.3. The van der Waals surface area contributed by atoms with Crippen LogP contribution in [0.15, 0.2) is 53.4 Å². The molecule has 22 heavy (non-hydrogen) atoms. The van der Waals surface area contributed by atoms with Crippen molar-refractivity contribution in [3.05, 3.63) is 53.6 Å². The van der Waals surface area contributed by atoms with Crippen molar-refractivity contribution in [1.29, 1.82) is 0 Å². The summed E-state index contributed by atoms with van der Waals surface area (Å²) in [4.78, 5) is 13.3. The predicted octanol–water partition coefficient (Wildman–Crippen LogP) is 4.86. The van der Waals surface area contributed by atoms with E-state index >= 15 is 0 Å². The number of benzene rings is 2. The van der Waals surface area contributed by atoms with E-state index in [4.69, 9.17) is 16.3 Å². The van der Waals surface area contributed by atoms with Gasteiger partial charge in [0.2, 0.25) is 0 Å². The van der Waals surface area contributed by atoms with E-state index < -0.39 is 6.10 Å². The summed E-state index contributed by atoms with van der Waals surface area (Å²) in [5.74, 6) is 1.38. The van der Waals surface area contributed by atoms with Crippen molar-refractivity contribution >= 4 is 35.0 Å². The van der Waals surface area contributed by atoms with Gasteiger partial charge >= 0.3 is 0 Å². The van der Waals surface area contributed by atoms with Crippen LogP contribution in [0.4, 0.5) is 5.69 Å². The molecule has 0 aliphatic rings. The maximum absolute atomic E-state index is 12.3. The first kappa shape index (κ1) is 16.7. The molecule has 0 saturated carbocycles. The smallest absolute Gasteiger partial charge is 0.265 e. The summed E-state index contributed by atoms with van der Waals surface area (Å²) in [6.07, 6.45) is -0.596. The largest absolute Gasteiger partial charge is 0.481 e. The van der Waals surface area contributed by atoms with Crippen molar-refractivity contribution in [2.75, 3.05) is 11.1 Å². The van der Waals surface area contributed by atoms with E-state index in [0.717, 1.165) is 16.3 Å². The highest BCUT2D eigenvalue weighted by Crippen LogP contribution is 2.27. The molecule has 1 N–H and O–H groups in total. The van der Waals surface area contributed by atoms with E-state index in [1.807, 2.05) is 24.3 Å². The zero-order valence-electron chi connectivity index (χ0n) is 12.5. The molecule has 1 atom stereocenters. The van der Waals surface area contributed by atoms with E-state index in [1.165, 1.54) is 0 Å². The van der Waals surface area contributed by atoms with Crippen LogP contribution in [0, 0.1) is 0 Å². The van der Waals surface area contributed by atoms with Gasteiger partial charge in [-0.2, -0.15) is 0 Å². The lowest BCUT2D eigenvalue weighted by molar-refractivity contribution is -0.122. The molecule has 0 aliphatic carbocycles. The third-order valence-corrected chi connectivity index (χ3v) is 4.15. The van der Waals surface area contributed by atoms with Crippen molar-refractivity contribution in [3.8, 4) is 5.75 Å². The first-order valence-electron chi connectivity index (χ1n) is 7.05. The molecule has 0 aliphatic heterocycles. The fourth-order valence-electron chi connectivity index (χ4n) is 1.86. The molecule has 0 radical (unpaired) electrons. The molecule has 2 aromatic rings. The molecular weight excluding hydrogens is 318 g/mol. The van der Waals surface area contributed by atoms with Crippen molar-refractivity contribution in [2.45, 2.75) is 24.8 Å². The molecule has 0 aromatic heterocycles. The molecule has 0 heterocycles. The highest BCUT2D eigenvalue weighted by molar-refractivity contribution is 7.99. The summed E-state index contributed by atoms with van der Waals surface area (Å²) in [7, 11) is 0. The summed E-state index contributed by atoms with van der Waals surface area (Å²) in [6, 6.07) is 14.7. The van der Waals surface area contributed by atoms with Gasteiger partial charge < -0.3 is 10.1 Å². The van der Waals surface area contributed by atoms with Crippen LogP contribution in [-0.2, 0) is 4.79 Å². The van der Waals surface area contributed by atoms with Gasteiger partial charge in [-0.1, -0.05) is 30.7 Å². The van der Waals surface area contributed by atoms with Crippen LogP contribution >= 0.6 is 23.4 Å². The lowest BCUT2D eigenvalue weighted by Gasteiger charge is -2.16. The van der Waals surface area contributed by atoms with Crippen LogP contribution in [-0.4, -0.2) is 17.8 Å². The number of amides is 1. The second-order valence-corrected chi connectivity index (χ2v) is 6.37. The highest BCUT2D eigenvalue weighted by Gasteiger charge is 2.16. The van der Waals surface area contributed by atoms with E-state index in [9.17, 15) is 4.79 Å². The Morgan fingerprint density at radius 1 is 1.23 bits per heavy atom. The number of carbonyl (C=O) groups is 1. The lowest BCUT2D eigenvalue weighted by atomic mass is 10.3. The quantitative estimate of drug-likeness (QED) is 0.766. The van der Waals surface area contributed by atoms with Crippen LogP contribution in [0.3, 0.4) is 0 Å². The number of halogens is 1. The van der Waals surface area contributed by atoms with Crippen molar-refractivity contribution in [1.82, 2.24) is 0 Å². The van der Waals surface area contributed by atoms with Gasteiger partial charge in [-0.3, -0.25) is 4.79 Å². The fraction of sp³-hybridized carbons (Fsp3) is 0.235. The van der Waals surface area contributed by atoms with Gasteiger partial charge in [-0.25, -0.2) is 0 Å². The molecule has 116 valence electrons. The Morgan fingerprint density at radius 2 is 1.91 bits per heavy atom. The summed E-state index contributed by atoms with van der Waals surface area (Å²) >= 11 is 7.52. The van der Waals surface area contributed by atoms with Crippen molar-refractivity contribution < 1.29 is 9.53 Å². The van der Waals surface area contributed by atoms with Crippen molar-refractivity contribution in [3.63, 3.8) is 0 Å². The molecule has 0 unspecified atom stereocenters. The topological polar surface area (TPSA) is 38.3 Å². The number of rotatable bonds is 6. The van der Waals surface area contributed by atoms with Crippen LogP contribution in [0.5, 0.6) is 5.75 Å². The van der Waals surface area contributed by atoms with Gasteiger partial charge in [-0.15, -0.1) is 11.8 Å². The molecule has 0 bridgehead atoms. The van der Waals surface area contributed by atoms with E-state index in [2.05, 4.69) is 12.2 Å². The first-order valence-corrected chi connectivity index (χ1v) is 8.41. The van der Waals surface area contributed by atoms with Gasteiger partial charge in [0.25, 0.3) is 5.91 Å². The Morgan fingerprint density at radius 3 is 2.59 bits per heavy atom. The van der Waals surface area contributed by atoms with Crippen LogP contribution < -0.4 is 10.1 Å². The van der Waals surface area contributed by atoms with Crippen LogP contribution in [0.25, 0.3) is 0 Å². The third kappa shape index (κ3) is 4.68. The zero-order chi connectivity index (χ0) is 15.9. The van der Waals surface area contributed by atoms with Gasteiger partial charge in [0.05, 0.1) is 5.69 Å². The number of hydrogen-bond acceptors (Lipinski definition) is 3. The van der Waals surface area contributed by atoms with Crippen molar-refractivity contribution in [2.24, 2.45) is 0 Å². The Kier molecular flexibility index (Phi) is 6.16. The summed E-state index contributed by atoms with van der Waals surface area (Å²) in [5.41, 5.74) is 0.811. The monoisotopic (exact) mass is 335 g/mol. The number of anilines is 1. The minimum Gasteiger partial charge on any atom is -0.481 e. The van der Waals surface area contributed by atoms with E-state index in [0.29, 0.717) is 10.8 Å². The van der Waals surface area contributed by atoms with Crippen LogP contribution in [0.1, 0.15) is 13.8 Å². The van der Waals surface area contributed by atoms with Gasteiger partial charge in [-0.05, 0) is 49.1 Å². The number of para-hydroxylation sites is 1. The predicted molar refractivity (Wildman–Crippen MR) is 93.0 cm³/mol. The lowest BCUT2D eigenvalue weighted by Crippen LogP contribution is -2.30. The fourth-order valence-corrected chi connectivity index (χ4v) is 2.74. The molecule has 0 fully saturated rings. The average Bonchev–Trinajstić information content (AvgIpc) is 2.51. The SMILES string of the molecule is CCSc1ccccc1NC(=O)[C@@H](C)Oc1ccc(Cl)cc1. The van der Waals surface area contributed by atoms with Gasteiger partial charge in [0.1, 0.15) is 5.75 Å². The van der Waals surface area contributed by atoms with Crippen LogP contribution in [0.2, 0.25) is 5.02 Å². The Labute approximate surface area is 140 Å². The van der Waals surface area contributed by atoms with E-state index in [-0.39, 0.29) is 5.91 Å². The second-order valence-electron chi connectivity index (χ2n) is 4.63. The normalized spacial score (nSPS) is 11.8. The Hall–Kier alpha value is -1.65. The molecule has 5 heteroatoms.